The van der Waals surface area contributed by atoms with E-state index in [4.69, 9.17) is 0 Å². The Balaban J connectivity index is 4.41. The molecule has 160 valence electrons. The van der Waals surface area contributed by atoms with Crippen LogP contribution in [0.3, 0.4) is 0 Å². The van der Waals surface area contributed by atoms with Crippen molar-refractivity contribution in [2.24, 2.45) is 11.8 Å². The molecule has 0 saturated carbocycles. The van der Waals surface area contributed by atoms with E-state index in [1.807, 2.05) is 13.8 Å². The van der Waals surface area contributed by atoms with Crippen molar-refractivity contribution < 1.29 is 24.0 Å². The smallest absolute Gasteiger partial charge is 0.242 e. The molecule has 3 amide bonds. The minimum atomic E-state index is -0.369. The van der Waals surface area contributed by atoms with E-state index in [0.717, 1.165) is 0 Å². The lowest BCUT2D eigenvalue weighted by Crippen LogP contribution is -2.45. The number of Topliss-reactive ketones (excluding diaryl/α,β-unsaturated/α-hetero) is 2. The van der Waals surface area contributed by atoms with Gasteiger partial charge in [0.2, 0.25) is 17.7 Å². The van der Waals surface area contributed by atoms with Crippen molar-refractivity contribution >= 4 is 29.3 Å². The van der Waals surface area contributed by atoms with E-state index in [1.54, 1.807) is 13.8 Å². The summed E-state index contributed by atoms with van der Waals surface area (Å²) in [6, 6.07) is 0. The molecule has 0 rings (SSSR count). The quantitative estimate of drug-likeness (QED) is 0.489. The van der Waals surface area contributed by atoms with Crippen molar-refractivity contribution in [3.05, 3.63) is 0 Å². The van der Waals surface area contributed by atoms with Gasteiger partial charge < -0.3 is 14.7 Å². The predicted molar refractivity (Wildman–Crippen MR) is 106 cm³/mol. The Kier molecular flexibility index (Phi) is 11.3. The van der Waals surface area contributed by atoms with Crippen LogP contribution in [-0.2, 0) is 24.0 Å². The van der Waals surface area contributed by atoms with E-state index in [1.165, 1.54) is 35.8 Å². The van der Waals surface area contributed by atoms with Crippen molar-refractivity contribution in [2.75, 3.05) is 40.8 Å². The minimum absolute atomic E-state index is 0.00597. The predicted octanol–water partition coefficient (Wildman–Crippen LogP) is 0.982. The van der Waals surface area contributed by atoms with Gasteiger partial charge in [0.15, 0.2) is 5.78 Å². The third-order valence-electron chi connectivity index (χ3n) is 4.52. The topological polar surface area (TPSA) is 95.1 Å². The normalized spacial score (nSPS) is 10.8. The number of carbonyl (C=O) groups excluding carboxylic acids is 5. The summed E-state index contributed by atoms with van der Waals surface area (Å²) in [5, 5.41) is 0. The zero-order valence-electron chi connectivity index (χ0n) is 18.3. The van der Waals surface area contributed by atoms with Gasteiger partial charge in [0, 0.05) is 45.8 Å². The molecule has 8 nitrogen and oxygen atoms in total. The SMILES string of the molecule is CC(C)C(=O)CCCC(=O)N(C)CC(=O)N(C)CC(=O)N(C)CC(=O)C(C)C. The highest BCUT2D eigenvalue weighted by Gasteiger charge is 2.21. The monoisotopic (exact) mass is 397 g/mol. The second-order valence-corrected chi connectivity index (χ2v) is 7.84. The Hall–Kier alpha value is -2.25. The largest absolute Gasteiger partial charge is 0.337 e. The summed E-state index contributed by atoms with van der Waals surface area (Å²) in [6.45, 7) is 6.88. The molecule has 8 heteroatoms. The lowest BCUT2D eigenvalue weighted by atomic mass is 10.0. The molecule has 0 aromatic carbocycles. The first-order valence-electron chi connectivity index (χ1n) is 9.64. The number of hydrogen-bond acceptors (Lipinski definition) is 5. The lowest BCUT2D eigenvalue weighted by molar-refractivity contribution is -0.143. The molecule has 0 radical (unpaired) electrons. The molecular weight excluding hydrogens is 362 g/mol. The van der Waals surface area contributed by atoms with Gasteiger partial charge in [-0.25, -0.2) is 0 Å². The highest BCUT2D eigenvalue weighted by molar-refractivity contribution is 5.90. The lowest BCUT2D eigenvalue weighted by Gasteiger charge is -2.24. The third-order valence-corrected chi connectivity index (χ3v) is 4.52. The van der Waals surface area contributed by atoms with Gasteiger partial charge >= 0.3 is 0 Å². The molecule has 0 aromatic heterocycles. The molecule has 0 atom stereocenters. The van der Waals surface area contributed by atoms with Crippen molar-refractivity contribution in [2.45, 2.75) is 47.0 Å². The standard InChI is InChI=1S/C20H35N3O5/c1-14(2)16(24)9-8-10-18(26)22(6)12-20(28)23(7)13-19(27)21(5)11-17(25)15(3)4/h14-15H,8-13H2,1-7H3. The van der Waals surface area contributed by atoms with Crippen LogP contribution < -0.4 is 0 Å². The van der Waals surface area contributed by atoms with E-state index in [2.05, 4.69) is 0 Å². The maximum absolute atomic E-state index is 12.3. The van der Waals surface area contributed by atoms with Crippen LogP contribution in [0.2, 0.25) is 0 Å². The summed E-state index contributed by atoms with van der Waals surface area (Å²) in [7, 11) is 4.53. The Labute approximate surface area is 168 Å². The molecule has 0 saturated heterocycles. The number of likely N-dealkylation sites (N-methyl/N-ethyl adjacent to an activating group) is 3. The number of nitrogens with zero attached hydrogens (tertiary/aromatic N) is 3. The van der Waals surface area contributed by atoms with Crippen molar-refractivity contribution in [1.29, 1.82) is 0 Å². The Morgan fingerprint density at radius 1 is 0.571 bits per heavy atom. The first-order valence-corrected chi connectivity index (χ1v) is 9.64. The fraction of sp³-hybridized carbons (Fsp3) is 0.750. The molecule has 0 aliphatic heterocycles. The van der Waals surface area contributed by atoms with Crippen LogP contribution in [0.4, 0.5) is 0 Å². The second-order valence-electron chi connectivity index (χ2n) is 7.84. The first kappa shape index (κ1) is 25.8. The summed E-state index contributed by atoms with van der Waals surface area (Å²) < 4.78 is 0. The molecule has 0 aromatic rings. The van der Waals surface area contributed by atoms with Gasteiger partial charge in [0.25, 0.3) is 0 Å². The van der Waals surface area contributed by atoms with Crippen LogP contribution in [0.15, 0.2) is 0 Å². The number of amides is 3. The molecule has 0 bridgehead atoms. The summed E-state index contributed by atoms with van der Waals surface area (Å²) >= 11 is 0. The summed E-state index contributed by atoms with van der Waals surface area (Å²) in [5.41, 5.74) is 0. The number of hydrogen-bond donors (Lipinski definition) is 0. The molecule has 0 fully saturated rings. The van der Waals surface area contributed by atoms with Crippen LogP contribution in [0.1, 0.15) is 47.0 Å². The Bertz CT molecular complexity index is 586. The molecule has 28 heavy (non-hydrogen) atoms. The average Bonchev–Trinajstić information content (AvgIpc) is 2.60. The van der Waals surface area contributed by atoms with Crippen LogP contribution in [0.5, 0.6) is 0 Å². The van der Waals surface area contributed by atoms with E-state index >= 15 is 0 Å². The summed E-state index contributed by atoms with van der Waals surface area (Å²) in [6.07, 6.45) is 1.00. The zero-order valence-corrected chi connectivity index (χ0v) is 18.3. The van der Waals surface area contributed by atoms with Gasteiger partial charge in [-0.05, 0) is 6.42 Å². The van der Waals surface area contributed by atoms with Gasteiger partial charge in [-0.2, -0.15) is 0 Å². The molecule has 0 aliphatic carbocycles. The zero-order chi connectivity index (χ0) is 22.0. The van der Waals surface area contributed by atoms with Crippen molar-refractivity contribution in [3.8, 4) is 0 Å². The van der Waals surface area contributed by atoms with Crippen LogP contribution in [0.25, 0.3) is 0 Å². The second kappa shape index (κ2) is 12.3. The summed E-state index contributed by atoms with van der Waals surface area (Å²) in [5.74, 6) is -1.07. The van der Waals surface area contributed by atoms with Crippen LogP contribution in [0, 0.1) is 11.8 Å². The third kappa shape index (κ3) is 9.62. The first-order chi connectivity index (χ1) is 12.9. The van der Waals surface area contributed by atoms with E-state index in [9.17, 15) is 24.0 Å². The Morgan fingerprint density at radius 2 is 0.964 bits per heavy atom. The van der Waals surface area contributed by atoms with Crippen molar-refractivity contribution in [1.82, 2.24) is 14.7 Å². The average molecular weight is 398 g/mol. The highest BCUT2D eigenvalue weighted by Crippen LogP contribution is 2.06. The number of rotatable bonds is 12. The molecule has 0 N–H and O–H groups in total. The minimum Gasteiger partial charge on any atom is -0.337 e. The van der Waals surface area contributed by atoms with Gasteiger partial charge in [-0.1, -0.05) is 27.7 Å². The molecule has 0 aliphatic rings. The molecular formula is C20H35N3O5. The maximum Gasteiger partial charge on any atom is 0.242 e. The van der Waals surface area contributed by atoms with Gasteiger partial charge in [-0.15, -0.1) is 0 Å². The molecule has 0 heterocycles. The highest BCUT2D eigenvalue weighted by atomic mass is 16.2. The van der Waals surface area contributed by atoms with Gasteiger partial charge in [-0.3, -0.25) is 24.0 Å². The number of carbonyl (C=O) groups is 5. The van der Waals surface area contributed by atoms with Gasteiger partial charge in [0.1, 0.15) is 5.78 Å². The number of ketones is 2. The summed E-state index contributed by atoms with van der Waals surface area (Å²) in [4.78, 5) is 63.7. The van der Waals surface area contributed by atoms with Gasteiger partial charge in [0.05, 0.1) is 19.6 Å². The maximum atomic E-state index is 12.3. The molecule has 0 unspecified atom stereocenters. The van der Waals surface area contributed by atoms with Crippen LogP contribution in [-0.4, -0.2) is 84.8 Å². The van der Waals surface area contributed by atoms with Crippen molar-refractivity contribution in [3.63, 3.8) is 0 Å². The molecule has 0 spiro atoms. The Morgan fingerprint density at radius 3 is 1.39 bits per heavy atom. The van der Waals surface area contributed by atoms with E-state index in [0.29, 0.717) is 12.8 Å². The fourth-order valence-electron chi connectivity index (χ4n) is 2.22. The van der Waals surface area contributed by atoms with E-state index in [-0.39, 0.29) is 67.2 Å². The fourth-order valence-corrected chi connectivity index (χ4v) is 2.22. The van der Waals surface area contributed by atoms with Crippen LogP contribution >= 0.6 is 0 Å². The van der Waals surface area contributed by atoms with E-state index < -0.39 is 0 Å².